The van der Waals surface area contributed by atoms with Crippen LogP contribution in [0.3, 0.4) is 0 Å². The van der Waals surface area contributed by atoms with Crippen LogP contribution in [0.1, 0.15) is 24.2 Å². The van der Waals surface area contributed by atoms with Gasteiger partial charge in [-0.25, -0.2) is 4.98 Å². The predicted octanol–water partition coefficient (Wildman–Crippen LogP) is 3.74. The fraction of sp³-hybridized carbons (Fsp3) is 0.429. The molecule has 1 heterocycles. The minimum absolute atomic E-state index is 0.0357. The van der Waals surface area contributed by atoms with Gasteiger partial charge >= 0.3 is 6.18 Å². The number of fused-ring (bicyclic) bond motifs is 1. The highest BCUT2D eigenvalue weighted by molar-refractivity contribution is 6.17. The smallest absolute Gasteiger partial charge is 0.312 e. The number of halogens is 4. The van der Waals surface area contributed by atoms with Crippen LogP contribution in [0.4, 0.5) is 13.2 Å². The highest BCUT2D eigenvalue weighted by Crippen LogP contribution is 2.57. The van der Waals surface area contributed by atoms with E-state index in [0.29, 0.717) is 11.0 Å². The van der Waals surface area contributed by atoms with Crippen molar-refractivity contribution < 1.29 is 13.2 Å². The van der Waals surface area contributed by atoms with E-state index in [0.717, 1.165) is 0 Å². The van der Waals surface area contributed by atoms with Crippen molar-refractivity contribution in [3.05, 3.63) is 29.6 Å². The molecule has 0 radical (unpaired) electrons. The lowest BCUT2D eigenvalue weighted by Crippen LogP contribution is -2.36. The number of benzene rings is 1. The normalized spacial score (nSPS) is 16.9. The van der Waals surface area contributed by atoms with Crippen molar-refractivity contribution in [2.75, 3.05) is 5.88 Å². The Morgan fingerprint density at radius 2 is 2.10 bits per heavy atom. The number of para-hydroxylation sites is 1. The second kappa shape index (κ2) is 4.63. The molecule has 0 unspecified atom stereocenters. The molecule has 1 saturated carbocycles. The number of aromatic nitrogens is 2. The molecule has 0 aliphatic heterocycles. The van der Waals surface area contributed by atoms with Gasteiger partial charge in [-0.1, -0.05) is 6.07 Å². The number of alkyl halides is 4. The van der Waals surface area contributed by atoms with Gasteiger partial charge in [0.05, 0.1) is 11.1 Å². The lowest BCUT2D eigenvalue weighted by atomic mass is 10.1. The molecule has 0 saturated heterocycles. The van der Waals surface area contributed by atoms with E-state index in [1.807, 2.05) is 6.07 Å². The van der Waals surface area contributed by atoms with E-state index in [9.17, 15) is 13.2 Å². The summed E-state index contributed by atoms with van der Waals surface area (Å²) in [5.41, 5.74) is -0.947. The molecule has 0 bridgehead atoms. The summed E-state index contributed by atoms with van der Waals surface area (Å²) in [5.74, 6) is 0.469. The Morgan fingerprint density at radius 3 is 2.62 bits per heavy atom. The number of imidazole rings is 1. The molecule has 3 rings (SSSR count). The van der Waals surface area contributed by atoms with Crippen LogP contribution in [-0.4, -0.2) is 21.6 Å². The highest BCUT2D eigenvalue weighted by Gasteiger charge is 2.65. The van der Waals surface area contributed by atoms with Crippen LogP contribution in [0.25, 0.3) is 11.0 Å². The third-order valence-corrected chi connectivity index (χ3v) is 4.06. The quantitative estimate of drug-likeness (QED) is 0.810. The topological polar surface area (TPSA) is 41.6 Å². The Hall–Kier alpha value is -1.74. The minimum Gasteiger partial charge on any atom is -0.312 e. The molecule has 7 heteroatoms. The van der Waals surface area contributed by atoms with Crippen molar-refractivity contribution in [3.63, 3.8) is 0 Å². The zero-order chi connectivity index (χ0) is 15.3. The summed E-state index contributed by atoms with van der Waals surface area (Å²) in [6.07, 6.45) is -4.04. The van der Waals surface area contributed by atoms with Crippen molar-refractivity contribution in [2.24, 2.45) is 0 Å². The van der Waals surface area contributed by atoms with Gasteiger partial charge in [-0.3, -0.25) is 0 Å². The molecule has 1 aliphatic carbocycles. The van der Waals surface area contributed by atoms with Crippen molar-refractivity contribution >= 4 is 22.6 Å². The molecular weight excluding hydrogens is 303 g/mol. The van der Waals surface area contributed by atoms with Gasteiger partial charge in [0.25, 0.3) is 0 Å². The maximum atomic E-state index is 13.4. The Kier molecular flexibility index (Phi) is 3.14. The standard InChI is InChI=1S/C14H11ClF3N3/c15-7-4-11-20-12-9(8-19)2-1-3-10(12)21(11)13(5-6-13)14(16,17)18/h1-3H,4-7H2. The van der Waals surface area contributed by atoms with Gasteiger partial charge in [-0.05, 0) is 25.0 Å². The lowest BCUT2D eigenvalue weighted by molar-refractivity contribution is -0.179. The lowest BCUT2D eigenvalue weighted by Gasteiger charge is -2.23. The highest BCUT2D eigenvalue weighted by atomic mass is 35.5. The molecule has 3 nitrogen and oxygen atoms in total. The van der Waals surface area contributed by atoms with Gasteiger partial charge in [-0.2, -0.15) is 18.4 Å². The Morgan fingerprint density at radius 1 is 1.38 bits per heavy atom. The van der Waals surface area contributed by atoms with E-state index in [1.165, 1.54) is 4.57 Å². The van der Waals surface area contributed by atoms with Crippen LogP contribution in [0, 0.1) is 11.3 Å². The molecule has 1 aromatic heterocycles. The molecule has 0 N–H and O–H groups in total. The van der Waals surface area contributed by atoms with Crippen LogP contribution in [0.15, 0.2) is 18.2 Å². The fourth-order valence-electron chi connectivity index (χ4n) is 2.72. The van der Waals surface area contributed by atoms with Crippen molar-refractivity contribution in [2.45, 2.75) is 31.0 Å². The number of nitrogens with zero attached hydrogens (tertiary/aromatic N) is 3. The summed E-state index contributed by atoms with van der Waals surface area (Å²) in [5, 5.41) is 9.10. The Labute approximate surface area is 123 Å². The molecule has 1 fully saturated rings. The average Bonchev–Trinajstić information content (AvgIpc) is 3.15. The van der Waals surface area contributed by atoms with E-state index in [1.54, 1.807) is 18.2 Å². The van der Waals surface area contributed by atoms with Gasteiger partial charge in [-0.15, -0.1) is 11.6 Å². The number of rotatable bonds is 3. The molecule has 21 heavy (non-hydrogen) atoms. The first kappa shape index (κ1) is 14.2. The summed E-state index contributed by atoms with van der Waals surface area (Å²) < 4.78 is 41.6. The van der Waals surface area contributed by atoms with Crippen LogP contribution < -0.4 is 0 Å². The molecule has 0 atom stereocenters. The molecule has 2 aromatic rings. The van der Waals surface area contributed by atoms with Crippen molar-refractivity contribution in [1.29, 1.82) is 5.26 Å². The number of hydrogen-bond donors (Lipinski definition) is 0. The zero-order valence-electron chi connectivity index (χ0n) is 10.9. The van der Waals surface area contributed by atoms with Crippen LogP contribution in [0.2, 0.25) is 0 Å². The third kappa shape index (κ3) is 1.99. The van der Waals surface area contributed by atoms with Gasteiger partial charge in [0, 0.05) is 12.3 Å². The number of hydrogen-bond acceptors (Lipinski definition) is 2. The second-order valence-electron chi connectivity index (χ2n) is 5.12. The molecule has 1 aromatic carbocycles. The first-order valence-electron chi connectivity index (χ1n) is 6.48. The second-order valence-corrected chi connectivity index (χ2v) is 5.49. The largest absolute Gasteiger partial charge is 0.412 e. The van der Waals surface area contributed by atoms with Crippen molar-refractivity contribution in [1.82, 2.24) is 9.55 Å². The van der Waals surface area contributed by atoms with Gasteiger partial charge in [0.1, 0.15) is 22.9 Å². The summed E-state index contributed by atoms with van der Waals surface area (Å²) in [4.78, 5) is 4.25. The van der Waals surface area contributed by atoms with E-state index < -0.39 is 11.7 Å². The fourth-order valence-corrected chi connectivity index (χ4v) is 2.89. The van der Waals surface area contributed by atoms with Crippen LogP contribution in [-0.2, 0) is 12.0 Å². The minimum atomic E-state index is -4.34. The van der Waals surface area contributed by atoms with Crippen molar-refractivity contribution in [3.8, 4) is 6.07 Å². The summed E-state index contributed by atoms with van der Waals surface area (Å²) in [6, 6.07) is 6.68. The Bertz CT molecular complexity index is 738. The van der Waals surface area contributed by atoms with Crippen LogP contribution in [0.5, 0.6) is 0 Å². The molecule has 1 aliphatic rings. The van der Waals surface area contributed by atoms with E-state index in [2.05, 4.69) is 4.98 Å². The average molecular weight is 314 g/mol. The van der Waals surface area contributed by atoms with Gasteiger partial charge in [0.2, 0.25) is 0 Å². The molecule has 0 spiro atoms. The van der Waals surface area contributed by atoms with Gasteiger partial charge < -0.3 is 4.57 Å². The first-order chi connectivity index (χ1) is 9.94. The summed E-state index contributed by atoms with van der Waals surface area (Å²) >= 11 is 5.69. The van der Waals surface area contributed by atoms with E-state index >= 15 is 0 Å². The maximum Gasteiger partial charge on any atom is 0.412 e. The van der Waals surface area contributed by atoms with Crippen LogP contribution >= 0.6 is 11.6 Å². The SMILES string of the molecule is N#Cc1cccc2c1nc(CCCl)n2C1(C(F)(F)F)CC1. The molecule has 110 valence electrons. The monoisotopic (exact) mass is 313 g/mol. The molecule has 0 amide bonds. The predicted molar refractivity (Wildman–Crippen MR) is 72.1 cm³/mol. The number of nitriles is 1. The number of aryl methyl sites for hydroxylation is 1. The third-order valence-electron chi connectivity index (χ3n) is 3.87. The summed E-state index contributed by atoms with van der Waals surface area (Å²) in [7, 11) is 0. The van der Waals surface area contributed by atoms with E-state index in [4.69, 9.17) is 16.9 Å². The van der Waals surface area contributed by atoms with E-state index in [-0.39, 0.29) is 36.5 Å². The first-order valence-corrected chi connectivity index (χ1v) is 7.02. The zero-order valence-corrected chi connectivity index (χ0v) is 11.7. The van der Waals surface area contributed by atoms with Gasteiger partial charge in [0.15, 0.2) is 0 Å². The maximum absolute atomic E-state index is 13.4. The Balaban J connectivity index is 2.31. The summed E-state index contributed by atoms with van der Waals surface area (Å²) in [6.45, 7) is 0. The molecular formula is C14H11ClF3N3.